The van der Waals surface area contributed by atoms with Gasteiger partial charge in [-0.05, 0) is 56.4 Å². The number of nitrogens with two attached hydrogens (primary N) is 2. The number of anilines is 1. The van der Waals surface area contributed by atoms with Crippen LogP contribution in [0.5, 0.6) is 0 Å². The molecular weight excluding hydrogens is 362 g/mol. The van der Waals surface area contributed by atoms with Gasteiger partial charge in [-0.15, -0.1) is 11.8 Å². The van der Waals surface area contributed by atoms with Gasteiger partial charge in [-0.3, -0.25) is 4.98 Å². The molecule has 0 spiro atoms. The zero-order valence-electron chi connectivity index (χ0n) is 16.2. The largest absolute Gasteiger partial charge is 0.443 e. The number of amides is 1. The Balaban J connectivity index is 2.07. The van der Waals surface area contributed by atoms with E-state index < -0.39 is 11.7 Å². The molecule has 146 valence electrons. The van der Waals surface area contributed by atoms with Gasteiger partial charge in [-0.2, -0.15) is 0 Å². The summed E-state index contributed by atoms with van der Waals surface area (Å²) in [6.07, 6.45) is 3.24. The third-order valence-corrected chi connectivity index (χ3v) is 4.98. The molecule has 4 N–H and O–H groups in total. The van der Waals surface area contributed by atoms with E-state index in [0.29, 0.717) is 13.0 Å². The second kappa shape index (κ2) is 9.10. The van der Waals surface area contributed by atoms with Gasteiger partial charge in [-0.1, -0.05) is 12.1 Å². The molecule has 0 aliphatic rings. The van der Waals surface area contributed by atoms with Crippen molar-refractivity contribution in [2.24, 2.45) is 5.73 Å². The van der Waals surface area contributed by atoms with Crippen LogP contribution in [0.2, 0.25) is 0 Å². The van der Waals surface area contributed by atoms with Crippen molar-refractivity contribution in [2.75, 3.05) is 12.0 Å². The van der Waals surface area contributed by atoms with Crippen LogP contribution in [-0.2, 0) is 22.5 Å². The van der Waals surface area contributed by atoms with Crippen molar-refractivity contribution in [3.63, 3.8) is 0 Å². The lowest BCUT2D eigenvalue weighted by Gasteiger charge is -2.24. The Labute approximate surface area is 164 Å². The lowest BCUT2D eigenvalue weighted by molar-refractivity contribution is 0.0411. The Morgan fingerprint density at radius 2 is 2.07 bits per heavy atom. The third-order valence-electron chi connectivity index (χ3n) is 4.17. The van der Waals surface area contributed by atoms with Crippen molar-refractivity contribution in [2.45, 2.75) is 50.4 Å². The summed E-state index contributed by atoms with van der Waals surface area (Å²) in [6.45, 7) is 5.98. The maximum absolute atomic E-state index is 11.1. The second-order valence-electron chi connectivity index (χ2n) is 6.92. The van der Waals surface area contributed by atoms with Gasteiger partial charge in [0.25, 0.3) is 0 Å². The van der Waals surface area contributed by atoms with Gasteiger partial charge in [0.1, 0.15) is 5.60 Å². The average molecular weight is 390 g/mol. The summed E-state index contributed by atoms with van der Waals surface area (Å²) in [5.41, 5.74) is 14.0. The highest BCUT2D eigenvalue weighted by atomic mass is 32.2. The maximum atomic E-state index is 11.1. The van der Waals surface area contributed by atoms with Crippen molar-refractivity contribution >= 4 is 23.5 Å². The number of carbonyl (C=O) groups is 1. The Morgan fingerprint density at radius 1 is 1.33 bits per heavy atom. The maximum Gasteiger partial charge on any atom is 0.405 e. The number of thioether (sulfide) groups is 1. The minimum Gasteiger partial charge on any atom is -0.443 e. The molecule has 2 aromatic rings. The third kappa shape index (κ3) is 6.15. The van der Waals surface area contributed by atoms with Gasteiger partial charge in [0.15, 0.2) is 0 Å². The number of rotatable bonds is 8. The Hall–Kier alpha value is -2.25. The standard InChI is InChI=1S/C20H27N3O3S/c1-13(14-7-8-18(27-4)16(21)10-14)25-12-15-6-5-9-23-17(15)11-20(2,3)26-19(22)24/h5-10,13H,11-12,21H2,1-4H3,(H2,22,24). The molecule has 0 aliphatic carbocycles. The van der Waals surface area contributed by atoms with Crippen LogP contribution in [0.4, 0.5) is 10.5 Å². The van der Waals surface area contributed by atoms with E-state index in [0.717, 1.165) is 27.4 Å². The molecule has 0 saturated carbocycles. The first-order chi connectivity index (χ1) is 12.7. The molecule has 1 amide bonds. The number of nitrogens with zero attached hydrogens (tertiary/aromatic N) is 1. The summed E-state index contributed by atoms with van der Waals surface area (Å²) in [5.74, 6) is 0. The lowest BCUT2D eigenvalue weighted by Crippen LogP contribution is -2.33. The van der Waals surface area contributed by atoms with E-state index in [-0.39, 0.29) is 6.10 Å². The molecule has 6 nitrogen and oxygen atoms in total. The van der Waals surface area contributed by atoms with Gasteiger partial charge in [0.2, 0.25) is 0 Å². The molecule has 7 heteroatoms. The van der Waals surface area contributed by atoms with Gasteiger partial charge >= 0.3 is 6.09 Å². The molecule has 27 heavy (non-hydrogen) atoms. The van der Waals surface area contributed by atoms with Crippen LogP contribution < -0.4 is 11.5 Å². The van der Waals surface area contributed by atoms with Crippen molar-refractivity contribution in [3.8, 4) is 0 Å². The predicted molar refractivity (Wildman–Crippen MR) is 109 cm³/mol. The zero-order valence-corrected chi connectivity index (χ0v) is 17.0. The molecule has 0 fully saturated rings. The SMILES string of the molecule is CSc1ccc(C(C)OCc2cccnc2CC(C)(C)OC(N)=O)cc1N. The molecule has 0 bridgehead atoms. The summed E-state index contributed by atoms with van der Waals surface area (Å²) in [5, 5.41) is 0. The monoisotopic (exact) mass is 389 g/mol. The molecule has 1 aromatic carbocycles. The fourth-order valence-electron chi connectivity index (χ4n) is 2.79. The summed E-state index contributed by atoms with van der Waals surface area (Å²) in [6, 6.07) is 9.81. The van der Waals surface area contributed by atoms with Crippen molar-refractivity contribution in [1.82, 2.24) is 4.98 Å². The fraction of sp³-hybridized carbons (Fsp3) is 0.400. The van der Waals surface area contributed by atoms with E-state index in [2.05, 4.69) is 4.98 Å². The number of primary amides is 1. The Morgan fingerprint density at radius 3 is 2.70 bits per heavy atom. The molecule has 2 rings (SSSR count). The quantitative estimate of drug-likeness (QED) is 0.521. The van der Waals surface area contributed by atoms with E-state index in [4.69, 9.17) is 20.9 Å². The van der Waals surface area contributed by atoms with E-state index in [1.165, 1.54) is 0 Å². The minimum atomic E-state index is -0.798. The molecular formula is C20H27N3O3S. The summed E-state index contributed by atoms with van der Waals surface area (Å²) >= 11 is 1.62. The number of pyridine rings is 1. The first-order valence-corrected chi connectivity index (χ1v) is 9.90. The molecule has 1 aromatic heterocycles. The summed E-state index contributed by atoms with van der Waals surface area (Å²) in [4.78, 5) is 16.6. The number of aromatic nitrogens is 1. The number of hydrogen-bond acceptors (Lipinski definition) is 6. The summed E-state index contributed by atoms with van der Waals surface area (Å²) in [7, 11) is 0. The fourth-order valence-corrected chi connectivity index (χ4v) is 3.29. The van der Waals surface area contributed by atoms with Crippen LogP contribution in [-0.4, -0.2) is 22.9 Å². The van der Waals surface area contributed by atoms with E-state index in [9.17, 15) is 4.79 Å². The van der Waals surface area contributed by atoms with Crippen LogP contribution in [0.1, 0.15) is 43.7 Å². The molecule has 0 saturated heterocycles. The highest BCUT2D eigenvalue weighted by Crippen LogP contribution is 2.28. The number of ether oxygens (including phenoxy) is 2. The van der Waals surface area contributed by atoms with E-state index in [1.54, 1.807) is 31.8 Å². The second-order valence-corrected chi connectivity index (χ2v) is 7.77. The zero-order chi connectivity index (χ0) is 20.0. The minimum absolute atomic E-state index is 0.119. The normalized spacial score (nSPS) is 12.6. The van der Waals surface area contributed by atoms with Crippen LogP contribution in [0.15, 0.2) is 41.4 Å². The smallest absolute Gasteiger partial charge is 0.405 e. The van der Waals surface area contributed by atoms with Gasteiger partial charge in [0.05, 0.1) is 12.7 Å². The molecule has 1 unspecified atom stereocenters. The topological polar surface area (TPSA) is 100 Å². The Kier molecular flexibility index (Phi) is 7.10. The number of benzene rings is 1. The summed E-state index contributed by atoms with van der Waals surface area (Å²) < 4.78 is 11.2. The van der Waals surface area contributed by atoms with Crippen molar-refractivity contribution in [3.05, 3.63) is 53.3 Å². The van der Waals surface area contributed by atoms with E-state index >= 15 is 0 Å². The number of carbonyl (C=O) groups excluding carboxylic acids is 1. The predicted octanol–water partition coefficient (Wildman–Crippen LogP) is 4.08. The first-order valence-electron chi connectivity index (χ1n) is 8.68. The van der Waals surface area contributed by atoms with Crippen molar-refractivity contribution < 1.29 is 14.3 Å². The van der Waals surface area contributed by atoms with Crippen LogP contribution in [0.3, 0.4) is 0 Å². The number of nitrogen functional groups attached to an aromatic ring is 1. The molecule has 0 aliphatic heterocycles. The lowest BCUT2D eigenvalue weighted by atomic mass is 9.99. The van der Waals surface area contributed by atoms with Gasteiger partial charge in [0, 0.05) is 28.9 Å². The highest BCUT2D eigenvalue weighted by molar-refractivity contribution is 7.98. The van der Waals surface area contributed by atoms with Crippen LogP contribution in [0, 0.1) is 0 Å². The first kappa shape index (κ1) is 21.1. The Bertz CT molecular complexity index is 796. The number of hydrogen-bond donors (Lipinski definition) is 2. The van der Waals surface area contributed by atoms with Crippen LogP contribution in [0.25, 0.3) is 0 Å². The van der Waals surface area contributed by atoms with Crippen LogP contribution >= 0.6 is 11.8 Å². The molecule has 1 atom stereocenters. The van der Waals surface area contributed by atoms with Gasteiger partial charge in [-0.25, -0.2) is 4.79 Å². The van der Waals surface area contributed by atoms with E-state index in [1.807, 2.05) is 43.5 Å². The van der Waals surface area contributed by atoms with Crippen molar-refractivity contribution in [1.29, 1.82) is 0 Å². The average Bonchev–Trinajstić information content (AvgIpc) is 2.59. The molecule has 0 radical (unpaired) electrons. The van der Waals surface area contributed by atoms with Gasteiger partial charge < -0.3 is 20.9 Å². The molecule has 1 heterocycles. The highest BCUT2D eigenvalue weighted by Gasteiger charge is 2.24.